The number of carbonyl (C=O) groups is 2. The SMILES string of the molecule is COC(=O)[C@H](CC(C)C)NC(=O)CSc1nc(C)nc2sc3c(c12)CCCC3. The van der Waals surface area contributed by atoms with E-state index in [2.05, 4.69) is 15.3 Å². The molecule has 0 aliphatic heterocycles. The minimum Gasteiger partial charge on any atom is -0.467 e. The molecule has 8 heteroatoms. The topological polar surface area (TPSA) is 81.2 Å². The van der Waals surface area contributed by atoms with Crippen molar-refractivity contribution in [2.24, 2.45) is 5.92 Å². The van der Waals surface area contributed by atoms with Crippen molar-refractivity contribution in [1.82, 2.24) is 15.3 Å². The minimum atomic E-state index is -0.612. The molecule has 3 rings (SSSR count). The second-order valence-corrected chi connectivity index (χ2v) is 9.58. The van der Waals surface area contributed by atoms with E-state index in [-0.39, 0.29) is 17.6 Å². The van der Waals surface area contributed by atoms with E-state index in [1.54, 1.807) is 11.3 Å². The molecule has 1 atom stereocenters. The number of esters is 1. The van der Waals surface area contributed by atoms with Gasteiger partial charge in [-0.3, -0.25) is 4.79 Å². The average molecular weight is 422 g/mol. The summed E-state index contributed by atoms with van der Waals surface area (Å²) in [5, 5.41) is 4.80. The molecular weight excluding hydrogens is 394 g/mol. The molecule has 0 aromatic carbocycles. The molecule has 2 aromatic heterocycles. The maximum atomic E-state index is 12.5. The molecule has 1 aliphatic carbocycles. The van der Waals surface area contributed by atoms with Crippen LogP contribution in [0, 0.1) is 12.8 Å². The lowest BCUT2D eigenvalue weighted by Gasteiger charge is -2.18. The number of thiophene rings is 1. The molecule has 0 saturated heterocycles. The molecule has 1 N–H and O–H groups in total. The lowest BCUT2D eigenvalue weighted by atomic mass is 9.97. The van der Waals surface area contributed by atoms with Gasteiger partial charge in [0.1, 0.15) is 21.7 Å². The zero-order valence-corrected chi connectivity index (χ0v) is 18.5. The number of aromatic nitrogens is 2. The Bertz CT molecular complexity index is 879. The molecule has 0 radical (unpaired) electrons. The van der Waals surface area contributed by atoms with E-state index in [9.17, 15) is 9.59 Å². The minimum absolute atomic E-state index is 0.186. The van der Waals surface area contributed by atoms with Crippen LogP contribution in [0.25, 0.3) is 10.2 Å². The average Bonchev–Trinajstić information content (AvgIpc) is 3.02. The van der Waals surface area contributed by atoms with Crippen molar-refractivity contribution in [3.05, 3.63) is 16.3 Å². The Labute approximate surface area is 173 Å². The third kappa shape index (κ3) is 4.84. The number of aryl methyl sites for hydroxylation is 3. The number of hydrogen-bond acceptors (Lipinski definition) is 7. The van der Waals surface area contributed by atoms with E-state index in [0.717, 1.165) is 33.9 Å². The third-order valence-electron chi connectivity index (χ3n) is 4.76. The number of amides is 1. The second kappa shape index (κ2) is 9.22. The van der Waals surface area contributed by atoms with Gasteiger partial charge in [-0.1, -0.05) is 25.6 Å². The predicted octanol–water partition coefficient (Wildman–Crippen LogP) is 3.67. The van der Waals surface area contributed by atoms with E-state index in [4.69, 9.17) is 4.74 Å². The number of rotatable bonds is 7. The molecule has 0 spiro atoms. The summed E-state index contributed by atoms with van der Waals surface area (Å²) in [4.78, 5) is 36.1. The lowest BCUT2D eigenvalue weighted by molar-refractivity contribution is -0.145. The Hall–Kier alpha value is -1.67. The van der Waals surface area contributed by atoms with Crippen molar-refractivity contribution < 1.29 is 14.3 Å². The van der Waals surface area contributed by atoms with Gasteiger partial charge in [-0.25, -0.2) is 14.8 Å². The summed E-state index contributed by atoms with van der Waals surface area (Å²) in [7, 11) is 1.34. The molecule has 0 bridgehead atoms. The molecule has 0 fully saturated rings. The quantitative estimate of drug-likeness (QED) is 0.417. The van der Waals surface area contributed by atoms with Crippen molar-refractivity contribution in [2.75, 3.05) is 12.9 Å². The summed E-state index contributed by atoms with van der Waals surface area (Å²) in [6.45, 7) is 5.91. The number of ether oxygens (including phenoxy) is 1. The summed E-state index contributed by atoms with van der Waals surface area (Å²) >= 11 is 3.18. The third-order valence-corrected chi connectivity index (χ3v) is 6.92. The Kier molecular flexibility index (Phi) is 6.93. The molecule has 152 valence electrons. The number of methoxy groups -OCH3 is 1. The molecular formula is C20H27N3O3S2. The van der Waals surface area contributed by atoms with E-state index in [1.807, 2.05) is 20.8 Å². The van der Waals surface area contributed by atoms with Crippen LogP contribution in [0.4, 0.5) is 0 Å². The van der Waals surface area contributed by atoms with Crippen LogP contribution >= 0.6 is 23.1 Å². The van der Waals surface area contributed by atoms with Crippen LogP contribution in [0.3, 0.4) is 0 Å². The monoisotopic (exact) mass is 421 g/mol. The molecule has 2 heterocycles. The summed E-state index contributed by atoms with van der Waals surface area (Å²) in [5.41, 5.74) is 1.36. The highest BCUT2D eigenvalue weighted by Crippen LogP contribution is 2.39. The van der Waals surface area contributed by atoms with Crippen LogP contribution in [-0.4, -0.2) is 40.7 Å². The maximum Gasteiger partial charge on any atom is 0.328 e. The van der Waals surface area contributed by atoms with Gasteiger partial charge < -0.3 is 10.1 Å². The summed E-state index contributed by atoms with van der Waals surface area (Å²) in [5.74, 6) is 0.621. The fraction of sp³-hybridized carbons (Fsp3) is 0.600. The number of fused-ring (bicyclic) bond motifs is 3. The van der Waals surface area contributed by atoms with Gasteiger partial charge in [-0.05, 0) is 50.5 Å². The summed E-state index contributed by atoms with van der Waals surface area (Å²) in [6, 6.07) is -0.612. The Morgan fingerprint density at radius 2 is 2.00 bits per heavy atom. The van der Waals surface area contributed by atoms with Crippen molar-refractivity contribution in [3.8, 4) is 0 Å². The second-order valence-electron chi connectivity index (χ2n) is 7.53. The Morgan fingerprint density at radius 1 is 1.25 bits per heavy atom. The van der Waals surface area contributed by atoms with Crippen molar-refractivity contribution in [3.63, 3.8) is 0 Å². The van der Waals surface area contributed by atoms with Gasteiger partial charge >= 0.3 is 5.97 Å². The lowest BCUT2D eigenvalue weighted by Crippen LogP contribution is -2.43. The van der Waals surface area contributed by atoms with Crippen LogP contribution in [0.2, 0.25) is 0 Å². The summed E-state index contributed by atoms with van der Waals surface area (Å²) in [6.07, 6.45) is 5.13. The fourth-order valence-electron chi connectivity index (χ4n) is 3.53. The van der Waals surface area contributed by atoms with Gasteiger partial charge in [0, 0.05) is 10.3 Å². The number of hydrogen-bond donors (Lipinski definition) is 1. The molecule has 0 unspecified atom stereocenters. The molecule has 0 saturated carbocycles. The molecule has 6 nitrogen and oxygen atoms in total. The first-order valence-electron chi connectivity index (χ1n) is 9.68. The fourth-order valence-corrected chi connectivity index (χ4v) is 5.81. The highest BCUT2D eigenvalue weighted by molar-refractivity contribution is 8.00. The van der Waals surface area contributed by atoms with Gasteiger partial charge in [-0.15, -0.1) is 11.3 Å². The zero-order valence-electron chi connectivity index (χ0n) is 16.8. The Morgan fingerprint density at radius 3 is 2.71 bits per heavy atom. The maximum absolute atomic E-state index is 12.5. The van der Waals surface area contributed by atoms with Crippen LogP contribution in [0.5, 0.6) is 0 Å². The van der Waals surface area contributed by atoms with Gasteiger partial charge in [0.15, 0.2) is 0 Å². The van der Waals surface area contributed by atoms with Crippen molar-refractivity contribution in [1.29, 1.82) is 0 Å². The van der Waals surface area contributed by atoms with Crippen LogP contribution in [-0.2, 0) is 27.2 Å². The van der Waals surface area contributed by atoms with Crippen LogP contribution < -0.4 is 5.32 Å². The first kappa shape index (κ1) is 21.0. The van der Waals surface area contributed by atoms with E-state index >= 15 is 0 Å². The first-order chi connectivity index (χ1) is 13.4. The first-order valence-corrected chi connectivity index (χ1v) is 11.5. The number of carbonyl (C=O) groups excluding carboxylic acids is 2. The number of thioether (sulfide) groups is 1. The van der Waals surface area contributed by atoms with Crippen molar-refractivity contribution >= 4 is 45.2 Å². The van der Waals surface area contributed by atoms with Gasteiger partial charge in [0.25, 0.3) is 0 Å². The normalized spacial score (nSPS) is 14.8. The highest BCUT2D eigenvalue weighted by Gasteiger charge is 2.24. The molecule has 28 heavy (non-hydrogen) atoms. The highest BCUT2D eigenvalue weighted by atomic mass is 32.2. The van der Waals surface area contributed by atoms with E-state index < -0.39 is 12.0 Å². The van der Waals surface area contributed by atoms with E-state index in [1.165, 1.54) is 42.2 Å². The molecule has 1 amide bonds. The van der Waals surface area contributed by atoms with Crippen molar-refractivity contribution in [2.45, 2.75) is 63.9 Å². The van der Waals surface area contributed by atoms with Crippen LogP contribution in [0.1, 0.15) is 49.4 Å². The van der Waals surface area contributed by atoms with Gasteiger partial charge in [-0.2, -0.15) is 0 Å². The largest absolute Gasteiger partial charge is 0.467 e. The summed E-state index contributed by atoms with van der Waals surface area (Å²) < 4.78 is 4.82. The smallest absolute Gasteiger partial charge is 0.328 e. The van der Waals surface area contributed by atoms with Crippen LogP contribution in [0.15, 0.2) is 5.03 Å². The van der Waals surface area contributed by atoms with Gasteiger partial charge in [0.05, 0.1) is 12.9 Å². The standard InChI is InChI=1S/C20H27N3O3S2/c1-11(2)9-14(20(25)26-4)23-16(24)10-27-18-17-13-7-5-6-8-15(13)28-19(17)22-12(3)21-18/h11,14H,5-10H2,1-4H3,(H,23,24)/t14-/m0/s1. The number of nitrogens with one attached hydrogen (secondary N) is 1. The molecule has 1 aliphatic rings. The molecule has 2 aromatic rings. The van der Waals surface area contributed by atoms with Gasteiger partial charge in [0.2, 0.25) is 5.91 Å². The van der Waals surface area contributed by atoms with E-state index in [0.29, 0.717) is 6.42 Å². The zero-order chi connectivity index (χ0) is 20.3. The predicted molar refractivity (Wildman–Crippen MR) is 113 cm³/mol. The Balaban J connectivity index is 1.75. The number of nitrogens with zero attached hydrogens (tertiary/aromatic N) is 2.